The molecule has 0 aliphatic rings. The molecule has 2 N–H and O–H groups in total. The summed E-state index contributed by atoms with van der Waals surface area (Å²) in [7, 11) is 1.54. The molecule has 0 aliphatic heterocycles. The van der Waals surface area contributed by atoms with Gasteiger partial charge in [0.05, 0.1) is 13.3 Å². The van der Waals surface area contributed by atoms with Gasteiger partial charge < -0.3 is 15.2 Å². The maximum atomic E-state index is 11.7. The third-order valence-corrected chi connectivity index (χ3v) is 2.70. The molecule has 88 valence electrons. The smallest absolute Gasteiger partial charge is 0.348 e. The molecule has 1 heterocycles. The predicted octanol–water partition coefficient (Wildman–Crippen LogP) is 1.95. The Morgan fingerprint density at radius 1 is 1.41 bits per heavy atom. The SMILES string of the molecule is COc1cccc(OC(=O)c2cnsc2N)c1. The lowest BCUT2D eigenvalue weighted by atomic mass is 10.3. The van der Waals surface area contributed by atoms with E-state index >= 15 is 0 Å². The van der Waals surface area contributed by atoms with Gasteiger partial charge in [0.1, 0.15) is 22.1 Å². The van der Waals surface area contributed by atoms with E-state index in [4.69, 9.17) is 15.2 Å². The van der Waals surface area contributed by atoms with Crippen LogP contribution in [-0.4, -0.2) is 17.5 Å². The van der Waals surface area contributed by atoms with Gasteiger partial charge in [-0.1, -0.05) is 6.07 Å². The van der Waals surface area contributed by atoms with E-state index in [9.17, 15) is 4.79 Å². The summed E-state index contributed by atoms with van der Waals surface area (Å²) in [4.78, 5) is 11.7. The fourth-order valence-electron chi connectivity index (χ4n) is 1.23. The molecule has 0 amide bonds. The van der Waals surface area contributed by atoms with Gasteiger partial charge in [0.2, 0.25) is 0 Å². The molecule has 5 nitrogen and oxygen atoms in total. The number of nitrogens with two attached hydrogens (primary N) is 1. The number of benzene rings is 1. The van der Waals surface area contributed by atoms with Gasteiger partial charge in [-0.15, -0.1) is 0 Å². The topological polar surface area (TPSA) is 74.4 Å². The van der Waals surface area contributed by atoms with Gasteiger partial charge in [0.15, 0.2) is 0 Å². The zero-order chi connectivity index (χ0) is 12.3. The summed E-state index contributed by atoms with van der Waals surface area (Å²) in [5, 5.41) is 0.345. The van der Waals surface area contributed by atoms with Crippen LogP contribution in [0.25, 0.3) is 0 Å². The first-order valence-corrected chi connectivity index (χ1v) is 5.54. The minimum Gasteiger partial charge on any atom is -0.497 e. The summed E-state index contributed by atoms with van der Waals surface area (Å²) in [5.74, 6) is 0.496. The van der Waals surface area contributed by atoms with Gasteiger partial charge in [-0.25, -0.2) is 4.79 Å². The highest BCUT2D eigenvalue weighted by Gasteiger charge is 2.14. The van der Waals surface area contributed by atoms with E-state index in [1.165, 1.54) is 6.20 Å². The van der Waals surface area contributed by atoms with E-state index in [0.29, 0.717) is 16.5 Å². The van der Waals surface area contributed by atoms with Crippen molar-refractivity contribution in [1.82, 2.24) is 4.37 Å². The number of esters is 1. The van der Waals surface area contributed by atoms with Crippen LogP contribution in [0.4, 0.5) is 5.00 Å². The fraction of sp³-hybridized carbons (Fsp3) is 0.0909. The van der Waals surface area contributed by atoms with Crippen molar-refractivity contribution in [3.63, 3.8) is 0 Å². The Hall–Kier alpha value is -2.08. The number of rotatable bonds is 3. The number of nitrogens with zero attached hydrogens (tertiary/aromatic N) is 1. The average Bonchev–Trinajstić information content (AvgIpc) is 2.76. The Labute approximate surface area is 102 Å². The van der Waals surface area contributed by atoms with Gasteiger partial charge in [0, 0.05) is 6.07 Å². The lowest BCUT2D eigenvalue weighted by Crippen LogP contribution is -2.09. The first-order chi connectivity index (χ1) is 8.20. The van der Waals surface area contributed by atoms with Gasteiger partial charge in [-0.3, -0.25) is 0 Å². The quantitative estimate of drug-likeness (QED) is 0.665. The summed E-state index contributed by atoms with van der Waals surface area (Å²) in [6, 6.07) is 6.78. The highest BCUT2D eigenvalue weighted by atomic mass is 32.1. The van der Waals surface area contributed by atoms with Gasteiger partial charge in [0.25, 0.3) is 0 Å². The number of methoxy groups -OCH3 is 1. The molecular weight excluding hydrogens is 240 g/mol. The molecule has 0 spiro atoms. The molecule has 2 aromatic rings. The van der Waals surface area contributed by atoms with Crippen LogP contribution in [0.15, 0.2) is 30.5 Å². The minimum atomic E-state index is -0.524. The molecule has 0 fully saturated rings. The molecular formula is C11H10N2O3S. The van der Waals surface area contributed by atoms with Crippen molar-refractivity contribution < 1.29 is 14.3 Å². The highest BCUT2D eigenvalue weighted by molar-refractivity contribution is 7.10. The zero-order valence-corrected chi connectivity index (χ0v) is 9.86. The van der Waals surface area contributed by atoms with Crippen LogP contribution in [0.2, 0.25) is 0 Å². The molecule has 0 saturated carbocycles. The number of carbonyl (C=O) groups is 1. The molecule has 0 unspecified atom stereocenters. The highest BCUT2D eigenvalue weighted by Crippen LogP contribution is 2.22. The number of hydrogen-bond acceptors (Lipinski definition) is 6. The molecule has 1 aromatic carbocycles. The van der Waals surface area contributed by atoms with E-state index < -0.39 is 5.97 Å². The summed E-state index contributed by atoms with van der Waals surface area (Å²) in [6.07, 6.45) is 1.39. The van der Waals surface area contributed by atoms with E-state index in [0.717, 1.165) is 11.5 Å². The number of carbonyl (C=O) groups excluding carboxylic acids is 1. The predicted molar refractivity (Wildman–Crippen MR) is 64.5 cm³/mol. The Balaban J connectivity index is 2.16. The van der Waals surface area contributed by atoms with Crippen LogP contribution in [0.5, 0.6) is 11.5 Å². The Bertz CT molecular complexity index is 539. The van der Waals surface area contributed by atoms with Crippen LogP contribution >= 0.6 is 11.5 Å². The van der Waals surface area contributed by atoms with E-state index in [1.807, 2.05) is 0 Å². The molecule has 6 heteroatoms. The van der Waals surface area contributed by atoms with E-state index in [-0.39, 0.29) is 5.56 Å². The molecule has 0 bridgehead atoms. The van der Waals surface area contributed by atoms with E-state index in [1.54, 1.807) is 31.4 Å². The van der Waals surface area contributed by atoms with Crippen molar-refractivity contribution in [2.24, 2.45) is 0 Å². The van der Waals surface area contributed by atoms with Crippen LogP contribution < -0.4 is 15.2 Å². The number of aromatic nitrogens is 1. The standard InChI is InChI=1S/C11H10N2O3S/c1-15-7-3-2-4-8(5-7)16-11(14)9-6-13-17-10(9)12/h2-6H,12H2,1H3. The Morgan fingerprint density at radius 2 is 2.18 bits per heavy atom. The van der Waals surface area contributed by atoms with Crippen molar-refractivity contribution in [2.45, 2.75) is 0 Å². The summed E-state index contributed by atoms with van der Waals surface area (Å²) in [5.41, 5.74) is 5.86. The molecule has 0 atom stereocenters. The van der Waals surface area contributed by atoms with Gasteiger partial charge in [-0.05, 0) is 23.7 Å². The minimum absolute atomic E-state index is 0.276. The lowest BCUT2D eigenvalue weighted by Gasteiger charge is -2.05. The molecule has 0 saturated heterocycles. The maximum Gasteiger partial charge on any atom is 0.348 e. The third-order valence-electron chi connectivity index (χ3n) is 2.07. The van der Waals surface area contributed by atoms with Gasteiger partial charge in [-0.2, -0.15) is 4.37 Å². The van der Waals surface area contributed by atoms with E-state index in [2.05, 4.69) is 4.37 Å². The molecule has 2 rings (SSSR count). The number of hydrogen-bond donors (Lipinski definition) is 1. The summed E-state index contributed by atoms with van der Waals surface area (Å²) >= 11 is 1.05. The van der Waals surface area contributed by atoms with Crippen molar-refractivity contribution in [3.05, 3.63) is 36.0 Å². The molecule has 0 aliphatic carbocycles. The van der Waals surface area contributed by atoms with Crippen molar-refractivity contribution >= 4 is 22.5 Å². The second-order valence-corrected chi connectivity index (χ2v) is 4.01. The molecule has 1 aromatic heterocycles. The van der Waals surface area contributed by atoms with Crippen LogP contribution in [-0.2, 0) is 0 Å². The summed E-state index contributed by atoms with van der Waals surface area (Å²) < 4.78 is 14.0. The van der Waals surface area contributed by atoms with Crippen molar-refractivity contribution in [3.8, 4) is 11.5 Å². The van der Waals surface area contributed by atoms with Crippen molar-refractivity contribution in [1.29, 1.82) is 0 Å². The zero-order valence-electron chi connectivity index (χ0n) is 9.04. The number of nitrogen functional groups attached to an aromatic ring is 1. The summed E-state index contributed by atoms with van der Waals surface area (Å²) in [6.45, 7) is 0. The molecule has 17 heavy (non-hydrogen) atoms. The maximum absolute atomic E-state index is 11.7. The Kier molecular flexibility index (Phi) is 3.24. The van der Waals surface area contributed by atoms with Crippen molar-refractivity contribution in [2.75, 3.05) is 12.8 Å². The third kappa shape index (κ3) is 2.54. The lowest BCUT2D eigenvalue weighted by molar-refractivity contribution is 0.0736. The fourth-order valence-corrected chi connectivity index (χ4v) is 1.73. The van der Waals surface area contributed by atoms with Crippen LogP contribution in [0.3, 0.4) is 0 Å². The average molecular weight is 250 g/mol. The number of anilines is 1. The second-order valence-electron chi connectivity index (χ2n) is 3.17. The monoisotopic (exact) mass is 250 g/mol. The first-order valence-electron chi connectivity index (χ1n) is 4.77. The number of ether oxygens (including phenoxy) is 2. The van der Waals surface area contributed by atoms with Crippen LogP contribution in [0, 0.1) is 0 Å². The first kappa shape index (κ1) is 11.4. The normalized spacial score (nSPS) is 9.94. The largest absolute Gasteiger partial charge is 0.497 e. The second kappa shape index (κ2) is 4.84. The Morgan fingerprint density at radius 3 is 2.82 bits per heavy atom. The van der Waals surface area contributed by atoms with Crippen LogP contribution in [0.1, 0.15) is 10.4 Å². The van der Waals surface area contributed by atoms with Gasteiger partial charge >= 0.3 is 5.97 Å². The molecule has 0 radical (unpaired) electrons.